The summed E-state index contributed by atoms with van der Waals surface area (Å²) in [4.78, 5) is 0. The summed E-state index contributed by atoms with van der Waals surface area (Å²) in [5.41, 5.74) is 0. The van der Waals surface area contributed by atoms with Gasteiger partial charge in [0.2, 0.25) is 0 Å². The van der Waals surface area contributed by atoms with Gasteiger partial charge in [-0.1, -0.05) is 0 Å². The number of terminal acetylenes is 1. The van der Waals surface area contributed by atoms with Crippen LogP contribution in [0.3, 0.4) is 0 Å². The molecule has 0 atom stereocenters. The van der Waals surface area contributed by atoms with Crippen molar-refractivity contribution in [3.8, 4) is 6.42 Å². The quantitative estimate of drug-likeness (QED) is 0.356. The molecule has 0 nitrogen and oxygen atoms in total. The van der Waals surface area contributed by atoms with Gasteiger partial charge in [0.25, 0.3) is 0 Å². The van der Waals surface area contributed by atoms with E-state index in [4.69, 9.17) is 6.42 Å². The van der Waals surface area contributed by atoms with Crippen LogP contribution in [0.15, 0.2) is 0 Å². The molecule has 4 heavy (non-hydrogen) atoms. The number of halogens is 1. The Bertz CT molecular complexity index is 10.8. The van der Waals surface area contributed by atoms with E-state index in [9.17, 15) is 0 Å². The van der Waals surface area contributed by atoms with E-state index in [1.807, 2.05) is 0 Å². The van der Waals surface area contributed by atoms with Crippen LogP contribution in [0.2, 0.25) is 0 Å². The fraction of sp³-hybridized carbons (Fsp3) is 0. The Kier molecular flexibility index (Phi) is 106. The Labute approximate surface area is 44.8 Å². The zero-order chi connectivity index (χ0) is 4.00. The van der Waals surface area contributed by atoms with E-state index < -0.39 is 0 Å². The maximum atomic E-state index is 5.25. The molecule has 0 fully saturated rings. The molecule has 0 saturated heterocycles. The summed E-state index contributed by atoms with van der Waals surface area (Å²) in [7, 11) is 0. The van der Waals surface area contributed by atoms with Gasteiger partial charge >= 0.3 is 32.0 Å². The Balaban J connectivity index is 0. The van der Waals surface area contributed by atoms with Crippen LogP contribution in [-0.2, 0) is 18.9 Å². The van der Waals surface area contributed by atoms with Gasteiger partial charge in [-0.05, 0) is 0 Å². The second-order valence-electron chi connectivity index (χ2n) is 0. The second-order valence-corrected chi connectivity index (χ2v) is 0. The van der Waals surface area contributed by atoms with E-state index in [-0.39, 0.29) is 0 Å². The average molecular weight is 302 g/mol. The van der Waals surface area contributed by atoms with Gasteiger partial charge < -0.3 is 12.8 Å². The van der Waals surface area contributed by atoms with E-state index >= 15 is 0 Å². The maximum absolute atomic E-state index is 5.25. The van der Waals surface area contributed by atoms with Crippen LogP contribution in [0.5, 0.6) is 0 Å². The fourth-order valence-electron chi connectivity index (χ4n) is 0. The molecule has 0 aliphatic heterocycles. The molecule has 0 bridgehead atoms. The summed E-state index contributed by atoms with van der Waals surface area (Å²) in [5.74, 6) is 0. The predicted molar refractivity (Wildman–Crippen MR) is 17.1 cm³/mol. The van der Waals surface area contributed by atoms with Crippen molar-refractivity contribution in [2.45, 2.75) is 0 Å². The molecule has 0 aromatic carbocycles. The van der Waals surface area contributed by atoms with E-state index in [2.05, 4.69) is 38.4 Å². The Hall–Kier alpha value is 0.780. The number of rotatable bonds is 0. The minimum absolute atomic E-state index is 2.09. The smallest absolute Gasteiger partial charge is 0.377 e. The topological polar surface area (TPSA) is 0 Å². The maximum Gasteiger partial charge on any atom is -0.377 e. The van der Waals surface area contributed by atoms with Gasteiger partial charge in [-0.15, -0.1) is 0 Å². The van der Waals surface area contributed by atoms with E-state index in [1.165, 1.54) is 0 Å². The minimum Gasteiger partial charge on any atom is -0.697 e. The molecule has 2 heteroatoms. The van der Waals surface area contributed by atoms with Crippen molar-refractivity contribution in [2.24, 2.45) is 0 Å². The van der Waals surface area contributed by atoms with Gasteiger partial charge in [0.15, 0.2) is 0 Å². The third-order valence-electron chi connectivity index (χ3n) is 0. The van der Waals surface area contributed by atoms with Crippen LogP contribution >= 0.6 is 13.0 Å². The van der Waals surface area contributed by atoms with E-state index in [0.717, 1.165) is 0 Å². The average Bonchev–Trinajstić information content (AvgIpc) is 1.50. The van der Waals surface area contributed by atoms with Crippen LogP contribution in [0.1, 0.15) is 0 Å². The van der Waals surface area contributed by atoms with Crippen molar-refractivity contribution in [2.75, 3.05) is 0 Å². The van der Waals surface area contributed by atoms with Crippen LogP contribution in [0, 0.1) is 12.8 Å². The first kappa shape index (κ1) is 8.84. The molecule has 0 aliphatic carbocycles. The van der Waals surface area contributed by atoms with Gasteiger partial charge in [-0.3, -0.25) is 0 Å². The molecule has 0 aliphatic rings. The first-order chi connectivity index (χ1) is 2.00. The summed E-state index contributed by atoms with van der Waals surface area (Å²) in [6, 6.07) is 0. The molecule has 0 saturated carbocycles. The van der Waals surface area contributed by atoms with Crippen LogP contribution in [-0.4, -0.2) is 0 Å². The van der Waals surface area contributed by atoms with Crippen molar-refractivity contribution >= 4 is 13.0 Å². The van der Waals surface area contributed by atoms with Crippen LogP contribution < -0.4 is 0 Å². The first-order valence-electron chi connectivity index (χ1n) is 0.403. The molecule has 0 N–H and O–H groups in total. The largest absolute Gasteiger partial charge is 0.697 e. The van der Waals surface area contributed by atoms with Gasteiger partial charge in [0.1, 0.15) is 0 Å². The van der Waals surface area contributed by atoms with Crippen molar-refractivity contribution in [1.82, 2.24) is 0 Å². The summed E-state index contributed by atoms with van der Waals surface area (Å²) in [5, 5.41) is 0. The Morgan fingerprint density at radius 3 is 1.50 bits per heavy atom. The van der Waals surface area contributed by atoms with Gasteiger partial charge in [-0.2, -0.15) is 0 Å². The molecule has 28 valence electrons. The summed E-state index contributed by atoms with van der Waals surface area (Å²) in [6.45, 7) is 0. The van der Waals surface area contributed by atoms with E-state index in [0.29, 0.717) is 0 Å². The minimum atomic E-state index is 2.09. The summed E-state index contributed by atoms with van der Waals surface area (Å²) < 4.78 is 0. The predicted octanol–water partition coefficient (Wildman–Crippen LogP) is 1.05. The molecular weight excluding hydrogens is 301 g/mol. The van der Waals surface area contributed by atoms with E-state index in [1.54, 1.807) is 0 Å². The zero-order valence-corrected chi connectivity index (χ0v) is 5.51. The van der Waals surface area contributed by atoms with Crippen molar-refractivity contribution < 1.29 is 18.9 Å². The Morgan fingerprint density at radius 2 is 1.50 bits per heavy atom. The molecule has 0 unspecified atom stereocenters. The SMILES string of the molecule is [Br][Au].[C-]#C. The zero-order valence-electron chi connectivity index (χ0n) is 1.76. The molecule has 0 amide bonds. The molecule has 0 aromatic heterocycles. The van der Waals surface area contributed by atoms with Gasteiger partial charge in [0.05, 0.1) is 0 Å². The molecule has 0 rings (SSSR count). The van der Waals surface area contributed by atoms with Crippen molar-refractivity contribution in [3.05, 3.63) is 6.42 Å². The van der Waals surface area contributed by atoms with Crippen molar-refractivity contribution in [3.63, 3.8) is 0 Å². The Morgan fingerprint density at radius 1 is 1.50 bits per heavy atom. The first-order valence-corrected chi connectivity index (χ1v) is 5.14. The van der Waals surface area contributed by atoms with Gasteiger partial charge in [0, 0.05) is 0 Å². The van der Waals surface area contributed by atoms with Gasteiger partial charge in [-0.25, -0.2) is 0 Å². The third kappa shape index (κ3) is 14.5. The summed E-state index contributed by atoms with van der Waals surface area (Å²) >= 11 is 4.97. The summed E-state index contributed by atoms with van der Waals surface area (Å²) in [6.07, 6.45) is 9.00. The fourth-order valence-corrected chi connectivity index (χ4v) is 0. The monoisotopic (exact) mass is 301 g/mol. The number of hydrogen-bond donors (Lipinski definition) is 0. The molecule has 0 spiro atoms. The molecule has 0 radical (unpaired) electrons. The molecular formula is C2HAuBr-. The second kappa shape index (κ2) is 48.0. The third-order valence-corrected chi connectivity index (χ3v) is 0. The number of hydrogen-bond acceptors (Lipinski definition) is 0. The van der Waals surface area contributed by atoms with Crippen LogP contribution in [0.4, 0.5) is 0 Å². The van der Waals surface area contributed by atoms with Crippen molar-refractivity contribution in [1.29, 1.82) is 0 Å². The normalized spacial score (nSPS) is 2.25. The molecule has 0 heterocycles. The van der Waals surface area contributed by atoms with Crippen LogP contribution in [0.25, 0.3) is 0 Å². The molecule has 0 aromatic rings. The standard InChI is InChI=1S/C2H.Au.BrH/c1-2;;/h1H;;1H/q-1;+1;/p-1.